The highest BCUT2D eigenvalue weighted by Gasteiger charge is 2.34. The van der Waals surface area contributed by atoms with Gasteiger partial charge in [0.1, 0.15) is 24.2 Å². The third kappa shape index (κ3) is 6.66. The number of rotatable bonds is 8. The van der Waals surface area contributed by atoms with Crippen molar-refractivity contribution in [3.63, 3.8) is 0 Å². The third-order valence-electron chi connectivity index (χ3n) is 5.51. The summed E-state index contributed by atoms with van der Waals surface area (Å²) in [5.41, 5.74) is 1.74. The summed E-state index contributed by atoms with van der Waals surface area (Å²) in [6.45, 7) is 7.39. The monoisotopic (exact) mass is 504 g/mol. The molecule has 4 rings (SSSR count). The molecule has 0 aliphatic carbocycles. The lowest BCUT2D eigenvalue weighted by atomic mass is 10.00. The highest BCUT2D eigenvalue weighted by molar-refractivity contribution is 5.89. The first-order valence-corrected chi connectivity index (χ1v) is 11.8. The first kappa shape index (κ1) is 25.7. The van der Waals surface area contributed by atoms with Crippen molar-refractivity contribution in [2.45, 2.75) is 52.4 Å². The Morgan fingerprint density at radius 1 is 1.08 bits per heavy atom. The summed E-state index contributed by atoms with van der Waals surface area (Å²) in [7, 11) is 0. The molecular formula is C27H29FN6O3. The second kappa shape index (κ2) is 10.7. The smallest absolute Gasteiger partial charge is 0.247 e. The Morgan fingerprint density at radius 2 is 1.78 bits per heavy atom. The minimum absolute atomic E-state index is 0.0570. The predicted molar refractivity (Wildman–Crippen MR) is 134 cm³/mol. The van der Waals surface area contributed by atoms with E-state index < -0.39 is 17.5 Å². The largest absolute Gasteiger partial charge is 0.467 e. The van der Waals surface area contributed by atoms with E-state index in [9.17, 15) is 14.0 Å². The molecule has 0 bridgehead atoms. The third-order valence-corrected chi connectivity index (χ3v) is 5.51. The quantitative estimate of drug-likeness (QED) is 0.388. The average molecular weight is 505 g/mol. The van der Waals surface area contributed by atoms with Crippen molar-refractivity contribution in [3.8, 4) is 11.4 Å². The molecule has 0 aliphatic rings. The van der Waals surface area contributed by atoms with E-state index in [4.69, 9.17) is 4.42 Å². The van der Waals surface area contributed by atoms with Gasteiger partial charge in [-0.2, -0.15) is 4.80 Å². The van der Waals surface area contributed by atoms with E-state index in [2.05, 4.69) is 20.7 Å². The van der Waals surface area contributed by atoms with E-state index in [1.807, 2.05) is 52.0 Å². The fourth-order valence-corrected chi connectivity index (χ4v) is 3.79. The van der Waals surface area contributed by atoms with Gasteiger partial charge in [0.25, 0.3) is 0 Å². The normalized spacial score (nSPS) is 12.2. The van der Waals surface area contributed by atoms with Crippen LogP contribution in [0, 0.1) is 12.7 Å². The molecule has 0 unspecified atom stereocenters. The zero-order valence-corrected chi connectivity index (χ0v) is 21.2. The molecule has 192 valence electrons. The number of carbonyl (C=O) groups excluding carboxylic acids is 2. The second-order valence-electron chi connectivity index (χ2n) is 9.80. The van der Waals surface area contributed by atoms with Gasteiger partial charge in [-0.15, -0.1) is 10.2 Å². The van der Waals surface area contributed by atoms with Crippen LogP contribution in [0.3, 0.4) is 0 Å². The summed E-state index contributed by atoms with van der Waals surface area (Å²) in [6.07, 6.45) is 1.52. The maximum Gasteiger partial charge on any atom is 0.247 e. The molecule has 0 saturated carbocycles. The molecule has 1 atom stereocenters. The van der Waals surface area contributed by atoms with Crippen LogP contribution in [-0.4, -0.2) is 42.5 Å². The van der Waals surface area contributed by atoms with E-state index in [-0.39, 0.29) is 30.6 Å². The van der Waals surface area contributed by atoms with Crippen LogP contribution < -0.4 is 5.32 Å². The zero-order chi connectivity index (χ0) is 26.6. The van der Waals surface area contributed by atoms with Crippen molar-refractivity contribution in [2.75, 3.05) is 0 Å². The Labute approximate surface area is 214 Å². The molecule has 0 spiro atoms. The number of furan rings is 1. The Balaban J connectivity index is 1.66. The maximum absolute atomic E-state index is 13.7. The van der Waals surface area contributed by atoms with Crippen molar-refractivity contribution in [2.24, 2.45) is 0 Å². The van der Waals surface area contributed by atoms with Gasteiger partial charge in [0.2, 0.25) is 17.6 Å². The number of hydrogen-bond acceptors (Lipinski definition) is 6. The highest BCUT2D eigenvalue weighted by Crippen LogP contribution is 2.26. The molecule has 0 fully saturated rings. The molecule has 0 radical (unpaired) electrons. The summed E-state index contributed by atoms with van der Waals surface area (Å²) in [4.78, 5) is 29.9. The number of hydrogen-bond donors (Lipinski definition) is 1. The molecule has 4 aromatic rings. The van der Waals surface area contributed by atoms with Gasteiger partial charge in [0.05, 0.1) is 12.8 Å². The van der Waals surface area contributed by atoms with Crippen LogP contribution in [0.2, 0.25) is 0 Å². The average Bonchev–Trinajstić information content (AvgIpc) is 3.51. The van der Waals surface area contributed by atoms with E-state index >= 15 is 0 Å². The van der Waals surface area contributed by atoms with Gasteiger partial charge in [-0.3, -0.25) is 9.59 Å². The molecule has 2 aromatic carbocycles. The molecule has 2 aromatic heterocycles. The van der Waals surface area contributed by atoms with Crippen LogP contribution in [0.25, 0.3) is 11.4 Å². The molecule has 1 N–H and O–H groups in total. The van der Waals surface area contributed by atoms with Gasteiger partial charge in [-0.25, -0.2) is 4.39 Å². The van der Waals surface area contributed by atoms with Crippen LogP contribution in [0.15, 0.2) is 71.3 Å². The SMILES string of the molecule is Cc1ccc([C@@H](C(=O)NC(C)(C)C)N(Cc2ccco2)C(=O)Cn2nnc(-c3ccc(F)cc3)n2)cc1. The van der Waals surface area contributed by atoms with Crippen molar-refractivity contribution in [1.82, 2.24) is 30.4 Å². The molecule has 10 heteroatoms. The topological polar surface area (TPSA) is 106 Å². The van der Waals surface area contributed by atoms with E-state index in [1.54, 1.807) is 12.1 Å². The summed E-state index contributed by atoms with van der Waals surface area (Å²) in [5, 5.41) is 15.3. The zero-order valence-electron chi connectivity index (χ0n) is 21.2. The lowest BCUT2D eigenvalue weighted by Crippen LogP contribution is -2.49. The van der Waals surface area contributed by atoms with Crippen LogP contribution in [0.5, 0.6) is 0 Å². The number of benzene rings is 2. The Bertz CT molecular complexity index is 1340. The molecule has 2 amide bonds. The number of amides is 2. The first-order valence-electron chi connectivity index (χ1n) is 11.8. The van der Waals surface area contributed by atoms with E-state index in [1.165, 1.54) is 35.4 Å². The van der Waals surface area contributed by atoms with Gasteiger partial charge < -0.3 is 14.6 Å². The Morgan fingerprint density at radius 3 is 2.41 bits per heavy atom. The molecule has 37 heavy (non-hydrogen) atoms. The molecule has 0 saturated heterocycles. The van der Waals surface area contributed by atoms with Gasteiger partial charge in [0.15, 0.2) is 0 Å². The summed E-state index contributed by atoms with van der Waals surface area (Å²) < 4.78 is 18.8. The lowest BCUT2D eigenvalue weighted by molar-refractivity contribution is -0.143. The predicted octanol–water partition coefficient (Wildman–Crippen LogP) is 4.07. The fraction of sp³-hybridized carbons (Fsp3) is 0.296. The van der Waals surface area contributed by atoms with Gasteiger partial charge in [-0.1, -0.05) is 29.8 Å². The number of nitrogens with zero attached hydrogens (tertiary/aromatic N) is 5. The van der Waals surface area contributed by atoms with Crippen LogP contribution >= 0.6 is 0 Å². The standard InChI is InChI=1S/C27H29FN6O3/c1-18-7-9-19(10-8-18)24(26(36)29-27(2,3)4)33(16-22-6-5-15-37-22)23(35)17-34-31-25(30-32-34)20-11-13-21(28)14-12-20/h5-15,24H,16-17H2,1-4H3,(H,29,36)/t24-/m0/s1. The fourth-order valence-electron chi connectivity index (χ4n) is 3.79. The number of tetrazole rings is 1. The van der Waals surface area contributed by atoms with Crippen LogP contribution in [0.4, 0.5) is 4.39 Å². The second-order valence-corrected chi connectivity index (χ2v) is 9.80. The number of nitrogens with one attached hydrogen (secondary N) is 1. The molecule has 2 heterocycles. The van der Waals surface area contributed by atoms with E-state index in [0.29, 0.717) is 16.9 Å². The maximum atomic E-state index is 13.7. The van der Waals surface area contributed by atoms with Crippen LogP contribution in [0.1, 0.15) is 43.7 Å². The van der Waals surface area contributed by atoms with Crippen molar-refractivity contribution in [3.05, 3.63) is 89.6 Å². The van der Waals surface area contributed by atoms with Gasteiger partial charge in [-0.05, 0) is 74.9 Å². The highest BCUT2D eigenvalue weighted by atomic mass is 19.1. The molecule has 0 aliphatic heterocycles. The van der Waals surface area contributed by atoms with Crippen molar-refractivity contribution in [1.29, 1.82) is 0 Å². The Hall–Kier alpha value is -4.34. The minimum atomic E-state index is -0.933. The minimum Gasteiger partial charge on any atom is -0.467 e. The molecular weight excluding hydrogens is 475 g/mol. The van der Waals surface area contributed by atoms with Crippen molar-refractivity contribution < 1.29 is 18.4 Å². The number of aromatic nitrogens is 4. The van der Waals surface area contributed by atoms with Crippen molar-refractivity contribution >= 4 is 11.8 Å². The molecule has 9 nitrogen and oxygen atoms in total. The van der Waals surface area contributed by atoms with E-state index in [0.717, 1.165) is 10.4 Å². The Kier molecular flexibility index (Phi) is 7.47. The summed E-state index contributed by atoms with van der Waals surface area (Å²) in [5.74, 6) is -0.335. The number of carbonyl (C=O) groups is 2. The number of aryl methyl sites for hydroxylation is 1. The number of halogens is 1. The van der Waals surface area contributed by atoms with Gasteiger partial charge in [0, 0.05) is 11.1 Å². The summed E-state index contributed by atoms with van der Waals surface area (Å²) >= 11 is 0. The summed E-state index contributed by atoms with van der Waals surface area (Å²) in [6, 6.07) is 15.7. The lowest BCUT2D eigenvalue weighted by Gasteiger charge is -2.33. The van der Waals surface area contributed by atoms with Crippen LogP contribution in [-0.2, 0) is 22.7 Å². The van der Waals surface area contributed by atoms with Gasteiger partial charge >= 0.3 is 0 Å². The first-order chi connectivity index (χ1) is 17.6.